The first-order chi connectivity index (χ1) is 12.3. The van der Waals surface area contributed by atoms with Crippen LogP contribution in [0.5, 0.6) is 5.75 Å². The summed E-state index contributed by atoms with van der Waals surface area (Å²) in [5, 5.41) is 3.40. The maximum absolute atomic E-state index is 12.8. The largest absolute Gasteiger partial charge is 0.496 e. The quantitative estimate of drug-likeness (QED) is 0.656. The number of nitrogens with two attached hydrogens (primary N) is 1. The second kappa shape index (κ2) is 6.67. The zero-order chi connectivity index (χ0) is 18.9. The summed E-state index contributed by atoms with van der Waals surface area (Å²) in [5.41, 5.74) is 8.67. The number of hydrogen-bond acceptors (Lipinski definition) is 4. The van der Waals surface area contributed by atoms with E-state index in [9.17, 15) is 9.59 Å². The predicted octanol–water partition coefficient (Wildman–Crippen LogP) is 2.94. The lowest BCUT2D eigenvalue weighted by Gasteiger charge is -2.35. The van der Waals surface area contributed by atoms with Gasteiger partial charge in [0.25, 0.3) is 0 Å². The van der Waals surface area contributed by atoms with Crippen LogP contribution >= 0.6 is 0 Å². The number of fused-ring (bicyclic) bond motifs is 1. The van der Waals surface area contributed by atoms with Crippen LogP contribution in [0.2, 0.25) is 0 Å². The number of carbonyl (C=O) groups excluding carboxylic acids is 2. The van der Waals surface area contributed by atoms with Crippen molar-refractivity contribution < 1.29 is 14.3 Å². The lowest BCUT2D eigenvalue weighted by atomic mass is 9.84. The van der Waals surface area contributed by atoms with Gasteiger partial charge in [-0.1, -0.05) is 18.2 Å². The van der Waals surface area contributed by atoms with E-state index in [2.05, 4.69) is 19.2 Å². The van der Waals surface area contributed by atoms with Gasteiger partial charge in [0, 0.05) is 28.4 Å². The number of allylic oxidation sites excluding steroid dienone is 1. The smallest absolute Gasteiger partial charge is 0.248 e. The molecule has 0 bridgehead atoms. The number of carbonyl (C=O) groups is 2. The van der Waals surface area contributed by atoms with E-state index in [1.54, 1.807) is 36.4 Å². The molecule has 0 fully saturated rings. The van der Waals surface area contributed by atoms with Gasteiger partial charge >= 0.3 is 0 Å². The van der Waals surface area contributed by atoms with Crippen molar-refractivity contribution in [3.63, 3.8) is 0 Å². The Balaban J connectivity index is 2.09. The fourth-order valence-electron chi connectivity index (χ4n) is 3.26. The van der Waals surface area contributed by atoms with Crippen LogP contribution in [-0.2, 0) is 6.42 Å². The number of methoxy groups -OCH3 is 1. The van der Waals surface area contributed by atoms with E-state index < -0.39 is 5.91 Å². The van der Waals surface area contributed by atoms with Gasteiger partial charge in [0.2, 0.25) is 5.91 Å². The highest BCUT2D eigenvalue weighted by Gasteiger charge is 2.28. The molecule has 5 heteroatoms. The van der Waals surface area contributed by atoms with Crippen molar-refractivity contribution in [2.45, 2.75) is 25.8 Å². The number of amides is 1. The minimum atomic E-state index is -0.493. The van der Waals surface area contributed by atoms with Crippen molar-refractivity contribution >= 4 is 17.4 Å². The highest BCUT2D eigenvalue weighted by molar-refractivity contribution is 6.10. The van der Waals surface area contributed by atoms with Crippen LogP contribution in [0.1, 0.15) is 45.7 Å². The molecule has 3 rings (SSSR count). The van der Waals surface area contributed by atoms with E-state index in [4.69, 9.17) is 10.5 Å². The third kappa shape index (κ3) is 3.47. The molecule has 0 unspecified atom stereocenters. The lowest BCUT2D eigenvalue weighted by Crippen LogP contribution is -2.44. The Labute approximate surface area is 152 Å². The van der Waals surface area contributed by atoms with Crippen molar-refractivity contribution in [2.75, 3.05) is 7.11 Å². The number of primary amides is 1. The molecule has 0 atom stereocenters. The Morgan fingerprint density at radius 2 is 1.92 bits per heavy atom. The van der Waals surface area contributed by atoms with Crippen molar-refractivity contribution in [3.8, 4) is 5.75 Å². The van der Waals surface area contributed by atoms with Crippen molar-refractivity contribution in [1.82, 2.24) is 5.32 Å². The summed E-state index contributed by atoms with van der Waals surface area (Å²) < 4.78 is 5.28. The SMILES string of the molecule is COc1ccccc1C(=O)/C=C1\NC(C)(C)Cc2ccc(C(N)=O)cc21. The van der Waals surface area contributed by atoms with E-state index in [1.165, 1.54) is 7.11 Å². The van der Waals surface area contributed by atoms with Gasteiger partial charge in [-0.05, 0) is 50.1 Å². The van der Waals surface area contributed by atoms with Crippen LogP contribution < -0.4 is 15.8 Å². The van der Waals surface area contributed by atoms with Crippen molar-refractivity contribution in [3.05, 3.63) is 70.8 Å². The van der Waals surface area contributed by atoms with Gasteiger partial charge in [0.1, 0.15) is 5.75 Å². The molecule has 26 heavy (non-hydrogen) atoms. The molecular formula is C21H22N2O3. The first-order valence-electron chi connectivity index (χ1n) is 8.41. The van der Waals surface area contributed by atoms with Crippen molar-refractivity contribution in [2.24, 2.45) is 5.73 Å². The van der Waals surface area contributed by atoms with Crippen LogP contribution in [-0.4, -0.2) is 24.3 Å². The maximum Gasteiger partial charge on any atom is 0.248 e. The second-order valence-electron chi connectivity index (χ2n) is 7.04. The molecule has 1 aliphatic heterocycles. The first kappa shape index (κ1) is 17.7. The number of ketones is 1. The molecule has 134 valence electrons. The third-order valence-corrected chi connectivity index (χ3v) is 4.44. The van der Waals surface area contributed by atoms with E-state index in [0.717, 1.165) is 17.5 Å². The van der Waals surface area contributed by atoms with Crippen LogP contribution in [0.3, 0.4) is 0 Å². The number of rotatable bonds is 4. The topological polar surface area (TPSA) is 81.4 Å². The molecule has 1 aliphatic rings. The zero-order valence-corrected chi connectivity index (χ0v) is 15.1. The summed E-state index contributed by atoms with van der Waals surface area (Å²) in [7, 11) is 1.54. The van der Waals surface area contributed by atoms with Gasteiger partial charge in [-0.25, -0.2) is 0 Å². The van der Waals surface area contributed by atoms with E-state index in [1.807, 2.05) is 12.1 Å². The minimum absolute atomic E-state index is 0.168. The molecule has 5 nitrogen and oxygen atoms in total. The van der Waals surface area contributed by atoms with E-state index in [0.29, 0.717) is 22.6 Å². The van der Waals surface area contributed by atoms with Crippen LogP contribution in [0.4, 0.5) is 0 Å². The Morgan fingerprint density at radius 3 is 2.62 bits per heavy atom. The number of nitrogens with one attached hydrogen (secondary N) is 1. The minimum Gasteiger partial charge on any atom is -0.496 e. The highest BCUT2D eigenvalue weighted by atomic mass is 16.5. The molecule has 0 saturated carbocycles. The van der Waals surface area contributed by atoms with Gasteiger partial charge in [0.05, 0.1) is 12.7 Å². The molecular weight excluding hydrogens is 328 g/mol. The average molecular weight is 350 g/mol. The summed E-state index contributed by atoms with van der Waals surface area (Å²) in [6, 6.07) is 12.5. The summed E-state index contributed by atoms with van der Waals surface area (Å²) >= 11 is 0. The van der Waals surface area contributed by atoms with Crippen LogP contribution in [0.25, 0.3) is 5.70 Å². The zero-order valence-electron chi connectivity index (χ0n) is 15.1. The Bertz CT molecular complexity index is 913. The molecule has 0 spiro atoms. The molecule has 1 heterocycles. The molecule has 2 aromatic carbocycles. The average Bonchev–Trinajstić information content (AvgIpc) is 2.60. The molecule has 0 saturated heterocycles. The molecule has 0 aliphatic carbocycles. The molecule has 2 aromatic rings. The normalized spacial score (nSPS) is 16.5. The fraction of sp³-hybridized carbons (Fsp3) is 0.238. The number of para-hydroxylation sites is 1. The second-order valence-corrected chi connectivity index (χ2v) is 7.04. The molecule has 0 radical (unpaired) electrons. The Hall–Kier alpha value is -3.08. The lowest BCUT2D eigenvalue weighted by molar-refractivity contribution is 0.0998. The fourth-order valence-corrected chi connectivity index (χ4v) is 3.26. The predicted molar refractivity (Wildman–Crippen MR) is 101 cm³/mol. The van der Waals surface area contributed by atoms with Crippen molar-refractivity contribution in [1.29, 1.82) is 0 Å². The van der Waals surface area contributed by atoms with E-state index in [-0.39, 0.29) is 11.3 Å². The molecule has 1 amide bonds. The number of benzene rings is 2. The van der Waals surface area contributed by atoms with Crippen LogP contribution in [0, 0.1) is 0 Å². The maximum atomic E-state index is 12.8. The molecule has 0 aromatic heterocycles. The Morgan fingerprint density at radius 1 is 1.19 bits per heavy atom. The monoisotopic (exact) mass is 350 g/mol. The highest BCUT2D eigenvalue weighted by Crippen LogP contribution is 2.31. The van der Waals surface area contributed by atoms with Gasteiger partial charge in [-0.15, -0.1) is 0 Å². The summed E-state index contributed by atoms with van der Waals surface area (Å²) in [6.45, 7) is 4.14. The van der Waals surface area contributed by atoms with Gasteiger partial charge < -0.3 is 15.8 Å². The van der Waals surface area contributed by atoms with E-state index >= 15 is 0 Å². The Kier molecular flexibility index (Phi) is 4.55. The number of ether oxygens (including phenoxy) is 1. The third-order valence-electron chi connectivity index (χ3n) is 4.44. The molecule has 3 N–H and O–H groups in total. The van der Waals surface area contributed by atoms with Gasteiger partial charge in [-0.3, -0.25) is 9.59 Å². The first-order valence-corrected chi connectivity index (χ1v) is 8.41. The summed E-state index contributed by atoms with van der Waals surface area (Å²) in [4.78, 5) is 24.4. The summed E-state index contributed by atoms with van der Waals surface area (Å²) in [6.07, 6.45) is 2.34. The van der Waals surface area contributed by atoms with Gasteiger partial charge in [0.15, 0.2) is 5.78 Å². The summed E-state index contributed by atoms with van der Waals surface area (Å²) in [5.74, 6) is -0.137. The van der Waals surface area contributed by atoms with Crippen LogP contribution in [0.15, 0.2) is 48.5 Å². The van der Waals surface area contributed by atoms with Gasteiger partial charge in [-0.2, -0.15) is 0 Å². The number of hydrogen-bond donors (Lipinski definition) is 2. The standard InChI is InChI=1S/C21H22N2O3/c1-21(2)12-14-9-8-13(20(22)25)10-16(14)17(23-21)11-18(24)15-6-4-5-7-19(15)26-3/h4-11,23H,12H2,1-3H3,(H2,22,25)/b17-11-.